The normalized spacial score (nSPS) is 31.0. The molecule has 1 N–H and O–H groups in total. The van der Waals surface area contributed by atoms with Crippen LogP contribution in [0.5, 0.6) is 0 Å². The summed E-state index contributed by atoms with van der Waals surface area (Å²) in [6.07, 6.45) is 8.36. The number of guanidine groups is 1. The molecule has 28 heavy (non-hydrogen) atoms. The highest BCUT2D eigenvalue weighted by Gasteiger charge is 2.30. The van der Waals surface area contributed by atoms with Crippen LogP contribution >= 0.6 is 24.0 Å². The Morgan fingerprint density at radius 2 is 1.68 bits per heavy atom. The second-order valence-corrected chi connectivity index (χ2v) is 9.53. The van der Waals surface area contributed by atoms with Crippen LogP contribution < -0.4 is 5.32 Å². The van der Waals surface area contributed by atoms with Gasteiger partial charge in [0.25, 0.3) is 0 Å². The van der Waals surface area contributed by atoms with Crippen molar-refractivity contribution in [3.05, 3.63) is 0 Å². The summed E-state index contributed by atoms with van der Waals surface area (Å²) in [6, 6.07) is 0.829. The Morgan fingerprint density at radius 3 is 2.25 bits per heavy atom. The molecule has 1 atom stereocenters. The van der Waals surface area contributed by atoms with E-state index < -0.39 is 0 Å². The fraction of sp³-hybridized carbons (Fsp3) is 0.955. The maximum Gasteiger partial charge on any atom is 0.193 e. The number of hydrogen-bond acceptors (Lipinski definition) is 3. The summed E-state index contributed by atoms with van der Waals surface area (Å²) in [6.45, 7) is 13.0. The van der Waals surface area contributed by atoms with E-state index in [0.717, 1.165) is 49.4 Å². The van der Waals surface area contributed by atoms with E-state index in [9.17, 15) is 0 Å². The van der Waals surface area contributed by atoms with Gasteiger partial charge in [-0.05, 0) is 69.9 Å². The minimum absolute atomic E-state index is 0. The Morgan fingerprint density at radius 1 is 1.00 bits per heavy atom. The number of rotatable bonds is 4. The van der Waals surface area contributed by atoms with Crippen molar-refractivity contribution in [3.8, 4) is 0 Å². The van der Waals surface area contributed by atoms with Gasteiger partial charge in [0.2, 0.25) is 0 Å². The molecule has 0 bridgehead atoms. The van der Waals surface area contributed by atoms with Gasteiger partial charge >= 0.3 is 0 Å². The molecule has 0 amide bonds. The number of nitrogens with zero attached hydrogens (tertiary/aromatic N) is 4. The number of likely N-dealkylation sites (tertiary alicyclic amines) is 1. The molecule has 6 heteroatoms. The smallest absolute Gasteiger partial charge is 0.193 e. The van der Waals surface area contributed by atoms with Crippen molar-refractivity contribution in [1.29, 1.82) is 0 Å². The second kappa shape index (κ2) is 11.9. The lowest BCUT2D eigenvalue weighted by Crippen LogP contribution is -2.55. The number of piperazine rings is 1. The highest BCUT2D eigenvalue weighted by atomic mass is 127. The van der Waals surface area contributed by atoms with E-state index in [0.29, 0.717) is 0 Å². The van der Waals surface area contributed by atoms with E-state index in [2.05, 4.69) is 45.9 Å². The molecule has 0 radical (unpaired) electrons. The molecule has 3 fully saturated rings. The van der Waals surface area contributed by atoms with Crippen LogP contribution in [0.3, 0.4) is 0 Å². The van der Waals surface area contributed by atoms with Crippen molar-refractivity contribution < 1.29 is 0 Å². The van der Waals surface area contributed by atoms with Gasteiger partial charge in [-0.25, -0.2) is 0 Å². The maximum atomic E-state index is 4.58. The van der Waals surface area contributed by atoms with Gasteiger partial charge in [-0.15, -0.1) is 24.0 Å². The van der Waals surface area contributed by atoms with Crippen LogP contribution in [0.15, 0.2) is 4.99 Å². The summed E-state index contributed by atoms with van der Waals surface area (Å²) in [5, 5.41) is 3.67. The molecule has 3 rings (SSSR count). The molecular weight excluding hydrogens is 461 g/mol. The summed E-state index contributed by atoms with van der Waals surface area (Å²) in [5.41, 5.74) is 0. The van der Waals surface area contributed by atoms with Crippen molar-refractivity contribution in [2.45, 2.75) is 58.4 Å². The zero-order chi connectivity index (χ0) is 19.2. The highest BCUT2D eigenvalue weighted by Crippen LogP contribution is 2.32. The molecule has 0 aromatic rings. The predicted molar refractivity (Wildman–Crippen MR) is 131 cm³/mol. The molecule has 1 aliphatic carbocycles. The van der Waals surface area contributed by atoms with Gasteiger partial charge < -0.3 is 15.1 Å². The Balaban J connectivity index is 0.00000280. The Bertz CT molecular complexity index is 468. The minimum Gasteiger partial charge on any atom is -0.356 e. The van der Waals surface area contributed by atoms with E-state index in [1.807, 2.05) is 7.05 Å². The first-order chi connectivity index (χ1) is 13.1. The zero-order valence-corrected chi connectivity index (χ0v) is 21.0. The van der Waals surface area contributed by atoms with Crippen LogP contribution in [0.25, 0.3) is 0 Å². The van der Waals surface area contributed by atoms with Crippen LogP contribution in [0.4, 0.5) is 0 Å². The quantitative estimate of drug-likeness (QED) is 0.361. The molecule has 0 spiro atoms. The zero-order valence-electron chi connectivity index (χ0n) is 18.7. The number of hydrogen-bond donors (Lipinski definition) is 1. The predicted octanol–water partition coefficient (Wildman–Crippen LogP) is 3.35. The molecular formula is C22H44IN5. The van der Waals surface area contributed by atoms with Gasteiger partial charge in [0.05, 0.1) is 0 Å². The van der Waals surface area contributed by atoms with E-state index in [1.54, 1.807) is 0 Å². The van der Waals surface area contributed by atoms with E-state index >= 15 is 0 Å². The Hall–Kier alpha value is -0.0800. The topological polar surface area (TPSA) is 34.1 Å². The van der Waals surface area contributed by atoms with Crippen molar-refractivity contribution >= 4 is 29.9 Å². The number of aliphatic imine (C=N–C) groups is 1. The summed E-state index contributed by atoms with van der Waals surface area (Å²) < 4.78 is 0. The van der Waals surface area contributed by atoms with Gasteiger partial charge in [-0.2, -0.15) is 0 Å². The van der Waals surface area contributed by atoms with Crippen molar-refractivity contribution in [2.75, 3.05) is 59.9 Å². The SMILES string of the molecule is CN=C(NCC1CCCN(C)C1)N1CCN(C2CCC(C(C)C)CC2)CC1.I. The van der Waals surface area contributed by atoms with E-state index in [1.165, 1.54) is 64.7 Å². The van der Waals surface area contributed by atoms with E-state index in [4.69, 9.17) is 0 Å². The molecule has 5 nitrogen and oxygen atoms in total. The van der Waals surface area contributed by atoms with Crippen molar-refractivity contribution in [2.24, 2.45) is 22.7 Å². The first kappa shape index (κ1) is 24.2. The molecule has 0 aromatic carbocycles. The monoisotopic (exact) mass is 505 g/mol. The molecule has 1 saturated carbocycles. The Labute approximate surface area is 190 Å². The first-order valence-electron chi connectivity index (χ1n) is 11.4. The average Bonchev–Trinajstić information content (AvgIpc) is 2.69. The summed E-state index contributed by atoms with van der Waals surface area (Å²) in [5.74, 6) is 3.70. The summed E-state index contributed by atoms with van der Waals surface area (Å²) in [7, 11) is 4.18. The molecule has 2 heterocycles. The molecule has 2 saturated heterocycles. The van der Waals surface area contributed by atoms with E-state index in [-0.39, 0.29) is 24.0 Å². The highest BCUT2D eigenvalue weighted by molar-refractivity contribution is 14.0. The summed E-state index contributed by atoms with van der Waals surface area (Å²) in [4.78, 5) is 12.3. The molecule has 2 aliphatic heterocycles. The molecule has 0 aromatic heterocycles. The third-order valence-electron chi connectivity index (χ3n) is 7.30. The standard InChI is InChI=1S/C22H43N5.HI/c1-18(2)20-7-9-21(10-8-20)26-12-14-27(15-13-26)22(23-3)24-16-19-6-5-11-25(4)17-19;/h18-21H,5-17H2,1-4H3,(H,23,24);1H. The lowest BCUT2D eigenvalue weighted by Gasteiger charge is -2.43. The summed E-state index contributed by atoms with van der Waals surface area (Å²) >= 11 is 0. The third-order valence-corrected chi connectivity index (χ3v) is 7.30. The molecule has 1 unspecified atom stereocenters. The number of halogens is 1. The van der Waals surface area contributed by atoms with Crippen LogP contribution in [-0.4, -0.2) is 86.6 Å². The maximum absolute atomic E-state index is 4.58. The lowest BCUT2D eigenvalue weighted by atomic mass is 9.79. The fourth-order valence-electron chi connectivity index (χ4n) is 5.44. The van der Waals surface area contributed by atoms with Crippen molar-refractivity contribution in [1.82, 2.24) is 20.0 Å². The molecule has 164 valence electrons. The fourth-order valence-corrected chi connectivity index (χ4v) is 5.44. The van der Waals surface area contributed by atoms with Gasteiger partial charge in [0.1, 0.15) is 0 Å². The van der Waals surface area contributed by atoms with Crippen LogP contribution in [-0.2, 0) is 0 Å². The van der Waals surface area contributed by atoms with Gasteiger partial charge in [-0.1, -0.05) is 13.8 Å². The third kappa shape index (κ3) is 6.73. The average molecular weight is 506 g/mol. The number of piperidine rings is 1. The van der Waals surface area contributed by atoms with Crippen LogP contribution in [0.2, 0.25) is 0 Å². The lowest BCUT2D eigenvalue weighted by molar-refractivity contribution is 0.0862. The second-order valence-electron chi connectivity index (χ2n) is 9.53. The van der Waals surface area contributed by atoms with Gasteiger partial charge in [0, 0.05) is 52.4 Å². The van der Waals surface area contributed by atoms with Crippen LogP contribution in [0, 0.1) is 17.8 Å². The van der Waals surface area contributed by atoms with Gasteiger partial charge in [-0.3, -0.25) is 9.89 Å². The van der Waals surface area contributed by atoms with Crippen LogP contribution in [0.1, 0.15) is 52.4 Å². The Kier molecular flexibility index (Phi) is 10.3. The van der Waals surface area contributed by atoms with Gasteiger partial charge in [0.15, 0.2) is 5.96 Å². The minimum atomic E-state index is 0. The number of nitrogens with one attached hydrogen (secondary N) is 1. The first-order valence-corrected chi connectivity index (χ1v) is 11.4. The molecule has 3 aliphatic rings. The largest absolute Gasteiger partial charge is 0.356 e. The van der Waals surface area contributed by atoms with Crippen molar-refractivity contribution in [3.63, 3.8) is 0 Å².